The van der Waals surface area contributed by atoms with Gasteiger partial charge in [-0.3, -0.25) is 0 Å². The van der Waals surface area contributed by atoms with Crippen molar-refractivity contribution in [3.8, 4) is 0 Å². The van der Waals surface area contributed by atoms with E-state index in [1.807, 2.05) is 19.1 Å². The second kappa shape index (κ2) is 11.1. The van der Waals surface area contributed by atoms with E-state index in [1.54, 1.807) is 12.1 Å². The Bertz CT molecular complexity index is 1320. The minimum atomic E-state index is -1.05. The molecule has 10 atom stereocenters. The average Bonchev–Trinajstić information content (AvgIpc) is 3.48. The summed E-state index contributed by atoms with van der Waals surface area (Å²) in [4.78, 5) is 51.0. The van der Waals surface area contributed by atoms with Crippen molar-refractivity contribution < 1.29 is 43.0 Å². The van der Waals surface area contributed by atoms with Crippen LogP contribution < -0.4 is 4.46 Å². The number of carbonyl (C=O) groups is 3. The van der Waals surface area contributed by atoms with Gasteiger partial charge in [-0.05, 0) is 0 Å². The molecule has 6 rings (SSSR count). The summed E-state index contributed by atoms with van der Waals surface area (Å²) in [6, 6.07) is 6.89. The summed E-state index contributed by atoms with van der Waals surface area (Å²) in [7, 11) is 2.94. The molecule has 4 aliphatic carbocycles. The first-order valence-corrected chi connectivity index (χ1v) is 17.0. The van der Waals surface area contributed by atoms with Crippen molar-refractivity contribution in [2.45, 2.75) is 63.0 Å². The fourth-order valence-corrected chi connectivity index (χ4v) is 12.6. The number of nitro groups is 1. The number of hydrogen-bond acceptors (Lipinski definition) is 10. The molecule has 0 radical (unpaired) electrons. The van der Waals surface area contributed by atoms with Gasteiger partial charge in [-0.25, -0.2) is 0 Å². The Morgan fingerprint density at radius 1 is 1.19 bits per heavy atom. The number of fused-ring (bicyclic) bond motifs is 1. The molecule has 1 aliphatic heterocycles. The molecule has 4 bridgehead atoms. The number of benzene rings is 1. The standard InChI is InChI=1S/C31H39NO10Se/c1-17(33)40-14-18-11-23-30(12-19(20(18)13-30)15-43-22-8-6-5-7-21(22)32(36)37)25(27(34)39-4)26-29(2)24(41-16-38-3)9-10-31(23,26)42-28(29)35/h5-8,18-20,23-26H,9-16H2,1-4H3/t18-,19-,20+,23-,24+,25-,26-,29-,30+,31-/m1/s1. The van der Waals surface area contributed by atoms with E-state index in [0.29, 0.717) is 19.3 Å². The Morgan fingerprint density at radius 2 is 1.95 bits per heavy atom. The Hall–Kier alpha value is -2.53. The second-order valence-electron chi connectivity index (χ2n) is 13.2. The van der Waals surface area contributed by atoms with Crippen LogP contribution in [0.1, 0.15) is 46.0 Å². The van der Waals surface area contributed by atoms with Gasteiger partial charge < -0.3 is 0 Å². The van der Waals surface area contributed by atoms with E-state index in [1.165, 1.54) is 21.1 Å². The van der Waals surface area contributed by atoms with Crippen molar-refractivity contribution in [3.63, 3.8) is 0 Å². The van der Waals surface area contributed by atoms with E-state index in [9.17, 15) is 24.5 Å². The number of esters is 3. The van der Waals surface area contributed by atoms with Crippen LogP contribution in [0.3, 0.4) is 0 Å². The van der Waals surface area contributed by atoms with Gasteiger partial charge >= 0.3 is 257 Å². The van der Waals surface area contributed by atoms with Crippen LogP contribution in [0.15, 0.2) is 24.3 Å². The van der Waals surface area contributed by atoms with Crippen molar-refractivity contribution in [2.24, 2.45) is 46.3 Å². The number of ether oxygens (including phenoxy) is 5. The summed E-state index contributed by atoms with van der Waals surface area (Å²) in [5, 5.41) is 12.5. The van der Waals surface area contributed by atoms with Crippen LogP contribution in [0.5, 0.6) is 0 Å². The molecule has 0 N–H and O–H groups in total. The molecule has 1 aromatic carbocycles. The van der Waals surface area contributed by atoms with E-state index < -0.39 is 34.4 Å². The fourth-order valence-electron chi connectivity index (χ4n) is 10.1. The normalized spacial score (nSPS) is 40.4. The van der Waals surface area contributed by atoms with Crippen LogP contribution in [-0.4, -0.2) is 77.1 Å². The van der Waals surface area contributed by atoms with Crippen molar-refractivity contribution in [3.05, 3.63) is 34.4 Å². The zero-order valence-corrected chi connectivity index (χ0v) is 26.7. The molecular weight excluding hydrogens is 625 g/mol. The number of hydrogen-bond donors (Lipinski definition) is 0. The van der Waals surface area contributed by atoms with Crippen molar-refractivity contribution >= 4 is 43.0 Å². The molecule has 1 saturated heterocycles. The van der Waals surface area contributed by atoms with Gasteiger partial charge in [0.2, 0.25) is 0 Å². The van der Waals surface area contributed by atoms with Crippen LogP contribution in [-0.2, 0) is 38.1 Å². The molecule has 11 nitrogen and oxygen atoms in total. The molecule has 5 aliphatic rings. The molecule has 0 amide bonds. The quantitative estimate of drug-likeness (QED) is 0.0916. The van der Waals surface area contributed by atoms with Gasteiger partial charge in [-0.1, -0.05) is 0 Å². The molecule has 0 aromatic heterocycles. The summed E-state index contributed by atoms with van der Waals surface area (Å²) in [6.45, 7) is 3.58. The van der Waals surface area contributed by atoms with E-state index in [0.717, 1.165) is 22.6 Å². The molecule has 1 aromatic rings. The summed E-state index contributed by atoms with van der Waals surface area (Å²) in [5.74, 6) is -1.76. The minimum absolute atomic E-state index is 0.0236. The Labute approximate surface area is 257 Å². The van der Waals surface area contributed by atoms with Crippen LogP contribution in [0, 0.1) is 56.5 Å². The Balaban J connectivity index is 1.40. The molecule has 5 fully saturated rings. The topological polar surface area (TPSA) is 141 Å². The van der Waals surface area contributed by atoms with Crippen LogP contribution in [0.25, 0.3) is 0 Å². The Kier molecular flexibility index (Phi) is 7.89. The number of methoxy groups -OCH3 is 2. The molecule has 12 heteroatoms. The Morgan fingerprint density at radius 3 is 2.65 bits per heavy atom. The third-order valence-electron chi connectivity index (χ3n) is 11.5. The van der Waals surface area contributed by atoms with Gasteiger partial charge in [0.25, 0.3) is 0 Å². The molecule has 1 heterocycles. The van der Waals surface area contributed by atoms with Gasteiger partial charge in [0.05, 0.1) is 0 Å². The van der Waals surface area contributed by atoms with Crippen molar-refractivity contribution in [2.75, 3.05) is 27.6 Å². The summed E-state index contributed by atoms with van der Waals surface area (Å²) in [6.07, 6.45) is 2.85. The first kappa shape index (κ1) is 30.5. The van der Waals surface area contributed by atoms with Gasteiger partial charge in [0, 0.05) is 0 Å². The molecule has 43 heavy (non-hydrogen) atoms. The molecule has 4 saturated carbocycles. The first-order valence-electron chi connectivity index (χ1n) is 14.9. The fraction of sp³-hybridized carbons (Fsp3) is 0.710. The molecular formula is C31H39NO10Se. The van der Waals surface area contributed by atoms with E-state index in [4.69, 9.17) is 23.7 Å². The maximum absolute atomic E-state index is 13.9. The van der Waals surface area contributed by atoms with E-state index in [2.05, 4.69) is 0 Å². The van der Waals surface area contributed by atoms with Crippen LogP contribution in [0.2, 0.25) is 5.32 Å². The predicted octanol–water partition coefficient (Wildman–Crippen LogP) is 3.06. The third-order valence-corrected chi connectivity index (χ3v) is 14.1. The van der Waals surface area contributed by atoms with Gasteiger partial charge in [0.15, 0.2) is 0 Å². The average molecular weight is 665 g/mol. The summed E-state index contributed by atoms with van der Waals surface area (Å²) in [5.41, 5.74) is -2.21. The van der Waals surface area contributed by atoms with Crippen LogP contribution >= 0.6 is 0 Å². The third kappa shape index (κ3) is 4.46. The van der Waals surface area contributed by atoms with Gasteiger partial charge in [-0.15, -0.1) is 0 Å². The molecule has 1 spiro atoms. The maximum atomic E-state index is 13.9. The zero-order valence-electron chi connectivity index (χ0n) is 24.9. The summed E-state index contributed by atoms with van der Waals surface area (Å²) < 4.78 is 29.6. The first-order chi connectivity index (χ1) is 20.5. The number of nitro benzene ring substituents is 1. The predicted molar refractivity (Wildman–Crippen MR) is 152 cm³/mol. The summed E-state index contributed by atoms with van der Waals surface area (Å²) >= 11 is -0.176. The SMILES string of the molecule is COCO[C@H]1CC[C@]23OC(=O)[C@@]1(C)[C@H]2[C@H](C(=O)OC)[C@@]12C[C@H](C[Se]c4ccccc4[N+](=O)[O-])[C@@H](C1)[C@@H](COC(C)=O)C[C@H]23. The second-order valence-corrected chi connectivity index (χ2v) is 15.4. The molecule has 234 valence electrons. The number of para-hydroxylation sites is 1. The van der Waals surface area contributed by atoms with Crippen molar-refractivity contribution in [1.29, 1.82) is 0 Å². The zero-order chi connectivity index (χ0) is 30.7. The number of nitrogens with zero attached hydrogens (tertiary/aromatic N) is 1. The molecule has 0 unspecified atom stereocenters. The van der Waals surface area contributed by atoms with E-state index >= 15 is 0 Å². The van der Waals surface area contributed by atoms with E-state index in [-0.39, 0.29) is 80.5 Å². The van der Waals surface area contributed by atoms with Crippen molar-refractivity contribution in [1.82, 2.24) is 0 Å². The number of carbonyl (C=O) groups excluding carboxylic acids is 3. The van der Waals surface area contributed by atoms with Crippen LogP contribution in [0.4, 0.5) is 5.69 Å². The number of rotatable bonds is 10. The van der Waals surface area contributed by atoms with Gasteiger partial charge in [-0.2, -0.15) is 0 Å². The monoisotopic (exact) mass is 665 g/mol. The van der Waals surface area contributed by atoms with Gasteiger partial charge in [0.1, 0.15) is 0 Å².